The summed E-state index contributed by atoms with van der Waals surface area (Å²) in [4.78, 5) is 12.1. The molecule has 0 aliphatic rings. The second-order valence-corrected chi connectivity index (χ2v) is 6.42. The van der Waals surface area contributed by atoms with Crippen molar-refractivity contribution in [2.24, 2.45) is 0 Å². The summed E-state index contributed by atoms with van der Waals surface area (Å²) in [7, 11) is 0. The first kappa shape index (κ1) is 21.1. The fourth-order valence-corrected chi connectivity index (χ4v) is 2.80. The van der Waals surface area contributed by atoms with Crippen LogP contribution in [-0.2, 0) is 17.5 Å². The minimum atomic E-state index is -4.60. The fourth-order valence-electron chi connectivity index (χ4n) is 2.30. The van der Waals surface area contributed by atoms with Gasteiger partial charge in [-0.2, -0.15) is 27.1 Å². The minimum absolute atomic E-state index is 0.0443. The van der Waals surface area contributed by atoms with Crippen molar-refractivity contribution in [3.05, 3.63) is 39.6 Å². The summed E-state index contributed by atoms with van der Waals surface area (Å²) < 4.78 is 68.1. The van der Waals surface area contributed by atoms with E-state index in [-0.39, 0.29) is 28.9 Å². The van der Waals surface area contributed by atoms with Crippen LogP contribution in [-0.4, -0.2) is 22.3 Å². The molecule has 2 aromatic rings. The second kappa shape index (κ2) is 8.24. The van der Waals surface area contributed by atoms with E-state index in [2.05, 4.69) is 31.1 Å². The zero-order chi connectivity index (χ0) is 20.4. The number of halogens is 6. The fraction of sp³-hybridized carbons (Fsp3) is 0.375. The molecule has 0 saturated carbocycles. The Balaban J connectivity index is 2.01. The van der Waals surface area contributed by atoms with Gasteiger partial charge in [0.15, 0.2) is 5.69 Å². The van der Waals surface area contributed by atoms with Gasteiger partial charge in [-0.05, 0) is 53.5 Å². The molecule has 27 heavy (non-hydrogen) atoms. The number of nitrogens with zero attached hydrogens (tertiary/aromatic N) is 2. The summed E-state index contributed by atoms with van der Waals surface area (Å²) in [5, 5.41) is 6.07. The number of carbonyl (C=O) groups is 1. The number of ether oxygens (including phenoxy) is 1. The SMILES string of the molecule is Cc1cc(OC(F)F)ccc1NC(=O)CCn1nc(C(F)(F)F)c(Br)c1C. The summed E-state index contributed by atoms with van der Waals surface area (Å²) in [5.41, 5.74) is 0.0838. The van der Waals surface area contributed by atoms with E-state index in [1.54, 1.807) is 6.92 Å². The number of rotatable bonds is 6. The van der Waals surface area contributed by atoms with E-state index in [0.717, 1.165) is 4.68 Å². The average molecular weight is 456 g/mol. The molecule has 11 heteroatoms. The van der Waals surface area contributed by atoms with Crippen molar-refractivity contribution in [3.63, 3.8) is 0 Å². The van der Waals surface area contributed by atoms with Crippen LogP contribution in [0.2, 0.25) is 0 Å². The van der Waals surface area contributed by atoms with Crippen LogP contribution < -0.4 is 10.1 Å². The Bertz CT molecular complexity index is 836. The Morgan fingerprint density at radius 3 is 2.52 bits per heavy atom. The Hall–Kier alpha value is -2.17. The molecule has 0 aliphatic heterocycles. The normalized spacial score (nSPS) is 11.7. The monoisotopic (exact) mass is 455 g/mol. The molecule has 1 aromatic carbocycles. The number of aryl methyl sites for hydroxylation is 2. The molecule has 0 spiro atoms. The molecule has 1 N–H and O–H groups in total. The molecule has 0 bridgehead atoms. The second-order valence-electron chi connectivity index (χ2n) is 5.62. The van der Waals surface area contributed by atoms with Gasteiger partial charge in [-0.25, -0.2) is 0 Å². The Morgan fingerprint density at radius 1 is 1.33 bits per heavy atom. The lowest BCUT2D eigenvalue weighted by Gasteiger charge is -2.11. The number of hydrogen-bond acceptors (Lipinski definition) is 3. The molecule has 0 unspecified atom stereocenters. The largest absolute Gasteiger partial charge is 0.436 e. The van der Waals surface area contributed by atoms with Crippen molar-refractivity contribution < 1.29 is 31.5 Å². The predicted molar refractivity (Wildman–Crippen MR) is 90.7 cm³/mol. The highest BCUT2D eigenvalue weighted by atomic mass is 79.9. The van der Waals surface area contributed by atoms with E-state index in [9.17, 15) is 26.7 Å². The van der Waals surface area contributed by atoms with E-state index in [1.807, 2.05) is 0 Å². The van der Waals surface area contributed by atoms with Gasteiger partial charge in [-0.1, -0.05) is 0 Å². The first-order valence-corrected chi connectivity index (χ1v) is 8.43. The van der Waals surface area contributed by atoms with Gasteiger partial charge in [0.25, 0.3) is 0 Å². The van der Waals surface area contributed by atoms with E-state index in [4.69, 9.17) is 0 Å². The maximum absolute atomic E-state index is 12.8. The van der Waals surface area contributed by atoms with Crippen molar-refractivity contribution in [1.82, 2.24) is 9.78 Å². The first-order valence-electron chi connectivity index (χ1n) is 7.64. The maximum Gasteiger partial charge on any atom is 0.436 e. The molecule has 0 saturated heterocycles. The lowest BCUT2D eigenvalue weighted by molar-refractivity contribution is -0.142. The molecular weight excluding hydrogens is 441 g/mol. The Morgan fingerprint density at radius 2 is 2.00 bits per heavy atom. The molecule has 2 rings (SSSR count). The van der Waals surface area contributed by atoms with E-state index >= 15 is 0 Å². The van der Waals surface area contributed by atoms with Crippen LogP contribution in [0.25, 0.3) is 0 Å². The van der Waals surface area contributed by atoms with Gasteiger partial charge in [0.2, 0.25) is 5.91 Å². The molecule has 1 heterocycles. The van der Waals surface area contributed by atoms with E-state index < -0.39 is 24.4 Å². The van der Waals surface area contributed by atoms with Crippen LogP contribution in [0.5, 0.6) is 5.75 Å². The van der Waals surface area contributed by atoms with Crippen molar-refractivity contribution in [1.29, 1.82) is 0 Å². The Labute approximate surface area is 159 Å². The molecule has 1 aromatic heterocycles. The van der Waals surface area contributed by atoms with E-state index in [0.29, 0.717) is 11.3 Å². The van der Waals surface area contributed by atoms with Gasteiger partial charge in [-0.15, -0.1) is 0 Å². The summed E-state index contributed by atoms with van der Waals surface area (Å²) in [6, 6.07) is 4.02. The van der Waals surface area contributed by atoms with Crippen LogP contribution in [0.4, 0.5) is 27.6 Å². The van der Waals surface area contributed by atoms with Crippen molar-refractivity contribution >= 4 is 27.5 Å². The molecule has 0 radical (unpaired) electrons. The lowest BCUT2D eigenvalue weighted by atomic mass is 10.2. The van der Waals surface area contributed by atoms with Gasteiger partial charge in [0.05, 0.1) is 16.7 Å². The standard InChI is InChI=1S/C16H15BrF5N3O2/c1-8-7-10(27-15(18)19)3-4-11(8)23-12(26)5-6-25-9(2)13(17)14(24-25)16(20,21)22/h3-4,7,15H,5-6H2,1-2H3,(H,23,26). The molecule has 0 aliphatic carbocycles. The zero-order valence-electron chi connectivity index (χ0n) is 14.2. The smallest absolute Gasteiger partial charge is 0.435 e. The number of amides is 1. The van der Waals surface area contributed by atoms with Crippen LogP contribution in [0.15, 0.2) is 22.7 Å². The molecular formula is C16H15BrF5N3O2. The third kappa shape index (κ3) is 5.41. The number of hydrogen-bond donors (Lipinski definition) is 1. The number of anilines is 1. The van der Waals surface area contributed by atoms with Crippen molar-refractivity contribution in [3.8, 4) is 5.75 Å². The molecule has 148 valence electrons. The third-order valence-electron chi connectivity index (χ3n) is 3.65. The van der Waals surface area contributed by atoms with E-state index in [1.165, 1.54) is 25.1 Å². The highest BCUT2D eigenvalue weighted by Crippen LogP contribution is 2.35. The minimum Gasteiger partial charge on any atom is -0.435 e. The highest BCUT2D eigenvalue weighted by Gasteiger charge is 2.37. The third-order valence-corrected chi connectivity index (χ3v) is 4.60. The first-order chi connectivity index (χ1) is 12.5. The molecule has 5 nitrogen and oxygen atoms in total. The maximum atomic E-state index is 12.8. The summed E-state index contributed by atoms with van der Waals surface area (Å²) in [6.07, 6.45) is -4.72. The predicted octanol–water partition coefficient (Wildman–Crippen LogP) is 4.91. The van der Waals surface area contributed by atoms with Crippen LogP contribution in [0.3, 0.4) is 0 Å². The van der Waals surface area contributed by atoms with Gasteiger partial charge >= 0.3 is 12.8 Å². The molecule has 1 amide bonds. The van der Waals surface area contributed by atoms with Crippen molar-refractivity contribution in [2.75, 3.05) is 5.32 Å². The van der Waals surface area contributed by atoms with Gasteiger partial charge < -0.3 is 10.1 Å². The number of alkyl halides is 5. The van der Waals surface area contributed by atoms with Gasteiger partial charge in [-0.3, -0.25) is 9.48 Å². The number of nitrogens with one attached hydrogen (secondary N) is 1. The quantitative estimate of drug-likeness (QED) is 0.629. The number of aromatic nitrogens is 2. The number of carbonyl (C=O) groups excluding carboxylic acids is 1. The topological polar surface area (TPSA) is 56.1 Å². The molecule has 0 fully saturated rings. The summed E-state index contributed by atoms with van der Waals surface area (Å²) in [6.45, 7) is 0.0370. The number of benzene rings is 1. The van der Waals surface area contributed by atoms with Crippen LogP contribution >= 0.6 is 15.9 Å². The lowest BCUT2D eigenvalue weighted by Crippen LogP contribution is -2.16. The zero-order valence-corrected chi connectivity index (χ0v) is 15.8. The van der Waals surface area contributed by atoms with Crippen molar-refractivity contribution in [2.45, 2.75) is 39.6 Å². The summed E-state index contributed by atoms with van der Waals surface area (Å²) >= 11 is 2.86. The van der Waals surface area contributed by atoms with Crippen LogP contribution in [0.1, 0.15) is 23.4 Å². The van der Waals surface area contributed by atoms with Gasteiger partial charge in [0, 0.05) is 12.1 Å². The Kier molecular flexibility index (Phi) is 6.45. The van der Waals surface area contributed by atoms with Crippen LogP contribution in [0, 0.1) is 13.8 Å². The summed E-state index contributed by atoms with van der Waals surface area (Å²) in [5.74, 6) is -0.502. The highest BCUT2D eigenvalue weighted by molar-refractivity contribution is 9.10. The average Bonchev–Trinajstić information content (AvgIpc) is 2.83. The molecule has 0 atom stereocenters. The van der Waals surface area contributed by atoms with Gasteiger partial charge in [0.1, 0.15) is 5.75 Å².